The van der Waals surface area contributed by atoms with Crippen LogP contribution in [0.3, 0.4) is 0 Å². The minimum absolute atomic E-state index is 0. The maximum absolute atomic E-state index is 12.5. The van der Waals surface area contributed by atoms with Gasteiger partial charge in [0.25, 0.3) is 5.91 Å². The van der Waals surface area contributed by atoms with Crippen LogP contribution in [0.2, 0.25) is 0 Å². The third-order valence-electron chi connectivity index (χ3n) is 3.47. The first kappa shape index (κ1) is 20.1. The lowest BCUT2D eigenvalue weighted by atomic mass is 10.0. The van der Waals surface area contributed by atoms with Crippen LogP contribution < -0.4 is 5.32 Å². The SMILES string of the molecule is CCCN(C(=O)c1cnc(C)cn1)C1CCNCC1.Cl.Cl. The zero-order valence-electron chi connectivity index (χ0n) is 12.5. The summed E-state index contributed by atoms with van der Waals surface area (Å²) in [5, 5.41) is 3.33. The first-order chi connectivity index (χ1) is 9.22. The summed E-state index contributed by atoms with van der Waals surface area (Å²) in [6.07, 6.45) is 6.24. The zero-order valence-corrected chi connectivity index (χ0v) is 14.2. The third-order valence-corrected chi connectivity index (χ3v) is 3.47. The predicted octanol–water partition coefficient (Wildman–Crippen LogP) is 2.23. The quantitative estimate of drug-likeness (QED) is 0.917. The van der Waals surface area contributed by atoms with Gasteiger partial charge in [-0.3, -0.25) is 9.78 Å². The zero-order chi connectivity index (χ0) is 13.7. The number of hydrogen-bond donors (Lipinski definition) is 1. The van der Waals surface area contributed by atoms with Gasteiger partial charge in [-0.2, -0.15) is 0 Å². The van der Waals surface area contributed by atoms with Gasteiger partial charge < -0.3 is 10.2 Å². The van der Waals surface area contributed by atoms with Crippen molar-refractivity contribution in [3.05, 3.63) is 23.8 Å². The van der Waals surface area contributed by atoms with Crippen LogP contribution in [0.15, 0.2) is 12.4 Å². The highest BCUT2D eigenvalue weighted by atomic mass is 35.5. The minimum Gasteiger partial charge on any atom is -0.334 e. The molecule has 7 heteroatoms. The van der Waals surface area contributed by atoms with Gasteiger partial charge in [-0.25, -0.2) is 4.98 Å². The standard InChI is InChI=1S/C14H22N4O.2ClH/c1-3-8-18(12-4-6-15-7-5-12)14(19)13-10-16-11(2)9-17-13;;/h9-10,12,15H,3-8H2,1-2H3;2*1H. The Morgan fingerprint density at radius 2 is 1.95 bits per heavy atom. The maximum atomic E-state index is 12.5. The molecule has 2 heterocycles. The van der Waals surface area contributed by atoms with Gasteiger partial charge in [0.2, 0.25) is 0 Å². The van der Waals surface area contributed by atoms with E-state index in [1.165, 1.54) is 0 Å². The van der Waals surface area contributed by atoms with Crippen molar-refractivity contribution in [2.45, 2.75) is 39.2 Å². The molecule has 0 unspecified atom stereocenters. The Labute approximate surface area is 138 Å². The monoisotopic (exact) mass is 334 g/mol. The Morgan fingerprint density at radius 3 is 2.48 bits per heavy atom. The van der Waals surface area contributed by atoms with Crippen LogP contribution in [0.4, 0.5) is 0 Å². The molecule has 0 aromatic carbocycles. The summed E-state index contributed by atoms with van der Waals surface area (Å²) < 4.78 is 0. The van der Waals surface area contributed by atoms with E-state index in [9.17, 15) is 4.79 Å². The predicted molar refractivity (Wildman–Crippen MR) is 88.5 cm³/mol. The minimum atomic E-state index is 0. The number of carbonyl (C=O) groups is 1. The number of hydrogen-bond acceptors (Lipinski definition) is 4. The molecule has 2 rings (SSSR count). The van der Waals surface area contributed by atoms with Gasteiger partial charge in [0.15, 0.2) is 0 Å². The normalized spacial score (nSPS) is 14.8. The lowest BCUT2D eigenvalue weighted by Crippen LogP contribution is -2.46. The van der Waals surface area contributed by atoms with E-state index in [1.807, 2.05) is 11.8 Å². The molecule has 1 N–H and O–H groups in total. The third kappa shape index (κ3) is 5.41. The van der Waals surface area contributed by atoms with Crippen molar-refractivity contribution in [2.75, 3.05) is 19.6 Å². The fraction of sp³-hybridized carbons (Fsp3) is 0.643. The van der Waals surface area contributed by atoms with Gasteiger partial charge in [0.1, 0.15) is 5.69 Å². The summed E-state index contributed by atoms with van der Waals surface area (Å²) in [6.45, 7) is 6.73. The lowest BCUT2D eigenvalue weighted by Gasteiger charge is -2.34. The van der Waals surface area contributed by atoms with Crippen molar-refractivity contribution in [2.24, 2.45) is 0 Å². The fourth-order valence-electron chi connectivity index (χ4n) is 2.46. The molecule has 1 fully saturated rings. The highest BCUT2D eigenvalue weighted by Crippen LogP contribution is 2.15. The van der Waals surface area contributed by atoms with Gasteiger partial charge in [0, 0.05) is 18.8 Å². The fourth-order valence-corrected chi connectivity index (χ4v) is 2.46. The number of carbonyl (C=O) groups excluding carboxylic acids is 1. The molecule has 1 aromatic heterocycles. The smallest absolute Gasteiger partial charge is 0.274 e. The van der Waals surface area contributed by atoms with Crippen molar-refractivity contribution in [3.63, 3.8) is 0 Å². The summed E-state index contributed by atoms with van der Waals surface area (Å²) in [5.74, 6) is 0.0150. The van der Waals surface area contributed by atoms with Crippen LogP contribution in [0.25, 0.3) is 0 Å². The molecule has 0 atom stereocenters. The average Bonchev–Trinajstić information content (AvgIpc) is 2.46. The summed E-state index contributed by atoms with van der Waals surface area (Å²) >= 11 is 0. The van der Waals surface area contributed by atoms with Gasteiger partial charge >= 0.3 is 0 Å². The second-order valence-corrected chi connectivity index (χ2v) is 5.02. The second kappa shape index (κ2) is 9.92. The van der Waals surface area contributed by atoms with Crippen molar-refractivity contribution < 1.29 is 4.79 Å². The molecule has 1 aliphatic heterocycles. The Bertz CT molecular complexity index is 421. The van der Waals surface area contributed by atoms with Crippen LogP contribution in [0, 0.1) is 6.92 Å². The van der Waals surface area contributed by atoms with Gasteiger partial charge in [-0.1, -0.05) is 6.92 Å². The Morgan fingerprint density at radius 1 is 1.29 bits per heavy atom. The van der Waals surface area contributed by atoms with Crippen LogP contribution in [0.1, 0.15) is 42.4 Å². The molecular weight excluding hydrogens is 311 g/mol. The van der Waals surface area contributed by atoms with E-state index >= 15 is 0 Å². The van der Waals surface area contributed by atoms with Gasteiger partial charge in [-0.15, -0.1) is 24.8 Å². The topological polar surface area (TPSA) is 58.1 Å². The molecule has 21 heavy (non-hydrogen) atoms. The first-order valence-electron chi connectivity index (χ1n) is 7.02. The molecule has 1 aromatic rings. The number of halogens is 2. The van der Waals surface area contributed by atoms with Gasteiger partial charge in [0.05, 0.1) is 11.9 Å². The van der Waals surface area contributed by atoms with Gasteiger partial charge in [-0.05, 0) is 39.3 Å². The van der Waals surface area contributed by atoms with Crippen LogP contribution in [-0.2, 0) is 0 Å². The highest BCUT2D eigenvalue weighted by Gasteiger charge is 2.26. The summed E-state index contributed by atoms with van der Waals surface area (Å²) in [7, 11) is 0. The number of nitrogens with one attached hydrogen (secondary N) is 1. The molecule has 0 radical (unpaired) electrons. The van der Waals surface area contributed by atoms with E-state index in [2.05, 4.69) is 22.2 Å². The number of aromatic nitrogens is 2. The molecule has 0 bridgehead atoms. The molecular formula is C14H24Cl2N4O. The highest BCUT2D eigenvalue weighted by molar-refractivity contribution is 5.92. The van der Waals surface area contributed by atoms with Crippen molar-refractivity contribution in [1.82, 2.24) is 20.2 Å². The van der Waals surface area contributed by atoms with E-state index in [4.69, 9.17) is 0 Å². The van der Waals surface area contributed by atoms with Crippen molar-refractivity contribution in [3.8, 4) is 0 Å². The molecule has 1 saturated heterocycles. The van der Waals surface area contributed by atoms with E-state index in [1.54, 1.807) is 12.4 Å². The van der Waals surface area contributed by atoms with Crippen LogP contribution in [-0.4, -0.2) is 46.5 Å². The number of nitrogens with zero attached hydrogens (tertiary/aromatic N) is 3. The summed E-state index contributed by atoms with van der Waals surface area (Å²) in [6, 6.07) is 0.330. The first-order valence-corrected chi connectivity index (χ1v) is 7.02. The van der Waals surface area contributed by atoms with Crippen LogP contribution in [0.5, 0.6) is 0 Å². The summed E-state index contributed by atoms with van der Waals surface area (Å²) in [5.41, 5.74) is 1.29. The Kier molecular flexibility index (Phi) is 9.49. The molecule has 0 aliphatic carbocycles. The molecule has 0 spiro atoms. The molecule has 1 amide bonds. The number of amides is 1. The Balaban J connectivity index is 0.00000200. The molecule has 0 saturated carbocycles. The van der Waals surface area contributed by atoms with Crippen molar-refractivity contribution >= 4 is 30.7 Å². The van der Waals surface area contributed by atoms with E-state index in [0.717, 1.165) is 44.6 Å². The molecule has 5 nitrogen and oxygen atoms in total. The number of aryl methyl sites for hydroxylation is 1. The second-order valence-electron chi connectivity index (χ2n) is 5.02. The lowest BCUT2D eigenvalue weighted by molar-refractivity contribution is 0.0636. The maximum Gasteiger partial charge on any atom is 0.274 e. The van der Waals surface area contributed by atoms with Crippen molar-refractivity contribution in [1.29, 1.82) is 0 Å². The number of rotatable bonds is 4. The van der Waals surface area contributed by atoms with E-state index in [-0.39, 0.29) is 30.7 Å². The largest absolute Gasteiger partial charge is 0.334 e. The molecule has 1 aliphatic rings. The molecule has 120 valence electrons. The van der Waals surface area contributed by atoms with E-state index in [0.29, 0.717) is 11.7 Å². The Hall–Kier alpha value is -0.910. The van der Waals surface area contributed by atoms with E-state index < -0.39 is 0 Å². The summed E-state index contributed by atoms with van der Waals surface area (Å²) in [4.78, 5) is 22.9. The number of piperidine rings is 1. The average molecular weight is 335 g/mol. The van der Waals surface area contributed by atoms with Crippen LogP contribution >= 0.6 is 24.8 Å².